The molecule has 0 radical (unpaired) electrons. The second-order valence-corrected chi connectivity index (χ2v) is 3.18. The summed E-state index contributed by atoms with van der Waals surface area (Å²) in [6, 6.07) is 0. The van der Waals surface area contributed by atoms with Gasteiger partial charge in [-0.05, 0) is 25.0 Å². The minimum absolute atomic E-state index is 0.0936. The van der Waals surface area contributed by atoms with Crippen molar-refractivity contribution in [2.24, 2.45) is 0 Å². The van der Waals surface area contributed by atoms with E-state index in [1.807, 2.05) is 6.92 Å². The van der Waals surface area contributed by atoms with Gasteiger partial charge in [-0.1, -0.05) is 38.0 Å². The second-order valence-electron chi connectivity index (χ2n) is 3.18. The van der Waals surface area contributed by atoms with Crippen LogP contribution in [0.4, 0.5) is 0 Å². The normalized spacial score (nSPS) is 10.8. The Bertz CT molecular complexity index is 193. The summed E-state index contributed by atoms with van der Waals surface area (Å²) in [5.74, 6) is 6.11. The first-order valence-corrected chi connectivity index (χ1v) is 5.07. The van der Waals surface area contributed by atoms with Gasteiger partial charge in [-0.25, -0.2) is 0 Å². The standard InChI is InChI=1S/C12H20O/c1-3-4-5-6-7-8-9-12(2)10-11-13/h10,13H,3-7,11H2,1-2H3/b12-10-. The molecule has 0 aliphatic rings. The Morgan fingerprint density at radius 2 is 2.08 bits per heavy atom. The molecule has 0 atom stereocenters. The Morgan fingerprint density at radius 3 is 2.69 bits per heavy atom. The lowest BCUT2D eigenvalue weighted by atomic mass is 10.1. The largest absolute Gasteiger partial charge is 0.392 e. The number of aliphatic hydroxyl groups excluding tert-OH is 1. The molecule has 1 heteroatoms. The van der Waals surface area contributed by atoms with E-state index in [1.54, 1.807) is 6.08 Å². The molecule has 0 saturated carbocycles. The predicted molar refractivity (Wildman–Crippen MR) is 57.4 cm³/mol. The zero-order chi connectivity index (χ0) is 9.94. The summed E-state index contributed by atoms with van der Waals surface area (Å²) in [5.41, 5.74) is 0.970. The molecule has 0 rings (SSSR count). The molecule has 1 nitrogen and oxygen atoms in total. The summed E-state index contributed by atoms with van der Waals surface area (Å²) < 4.78 is 0. The molecule has 74 valence electrons. The van der Waals surface area contributed by atoms with Crippen LogP contribution in [0.3, 0.4) is 0 Å². The van der Waals surface area contributed by atoms with Gasteiger partial charge in [0.25, 0.3) is 0 Å². The van der Waals surface area contributed by atoms with E-state index in [0.29, 0.717) is 0 Å². The van der Waals surface area contributed by atoms with Gasteiger partial charge in [0.1, 0.15) is 0 Å². The molecule has 0 aliphatic heterocycles. The molecule has 13 heavy (non-hydrogen) atoms. The van der Waals surface area contributed by atoms with Gasteiger partial charge in [0.2, 0.25) is 0 Å². The predicted octanol–water partition coefficient (Wildman–Crippen LogP) is 2.90. The molecule has 0 spiro atoms. The average molecular weight is 180 g/mol. The molecular formula is C12H20O. The maximum atomic E-state index is 8.57. The Hall–Kier alpha value is -0.740. The summed E-state index contributed by atoms with van der Waals surface area (Å²) in [6.07, 6.45) is 7.79. The molecule has 0 heterocycles. The quantitative estimate of drug-likeness (QED) is 0.509. The van der Waals surface area contributed by atoms with Gasteiger partial charge in [0.15, 0.2) is 0 Å². The van der Waals surface area contributed by atoms with E-state index in [-0.39, 0.29) is 6.61 Å². The third-order valence-electron chi connectivity index (χ3n) is 1.84. The molecule has 0 fully saturated rings. The smallest absolute Gasteiger partial charge is 0.0624 e. The van der Waals surface area contributed by atoms with Crippen LogP contribution >= 0.6 is 0 Å². The highest BCUT2D eigenvalue weighted by Crippen LogP contribution is 2.01. The first-order valence-electron chi connectivity index (χ1n) is 5.07. The first-order chi connectivity index (χ1) is 6.31. The first kappa shape index (κ1) is 12.3. The van der Waals surface area contributed by atoms with Crippen molar-refractivity contribution < 1.29 is 5.11 Å². The number of unbranched alkanes of at least 4 members (excludes halogenated alkanes) is 4. The van der Waals surface area contributed by atoms with Crippen molar-refractivity contribution >= 4 is 0 Å². The van der Waals surface area contributed by atoms with Crippen LogP contribution in [0, 0.1) is 11.8 Å². The Kier molecular flexibility index (Phi) is 8.82. The number of hydrogen-bond acceptors (Lipinski definition) is 1. The molecule has 0 saturated heterocycles. The van der Waals surface area contributed by atoms with Crippen LogP contribution in [0.1, 0.15) is 46.0 Å². The van der Waals surface area contributed by atoms with Crippen molar-refractivity contribution in [2.75, 3.05) is 6.61 Å². The van der Waals surface area contributed by atoms with Gasteiger partial charge in [-0.3, -0.25) is 0 Å². The summed E-state index contributed by atoms with van der Waals surface area (Å²) in [4.78, 5) is 0. The van der Waals surface area contributed by atoms with Gasteiger partial charge in [-0.2, -0.15) is 0 Å². The van der Waals surface area contributed by atoms with Crippen molar-refractivity contribution in [3.63, 3.8) is 0 Å². The van der Waals surface area contributed by atoms with Gasteiger partial charge < -0.3 is 5.11 Å². The summed E-state index contributed by atoms with van der Waals surface area (Å²) in [5, 5.41) is 8.57. The second kappa shape index (κ2) is 9.35. The fourth-order valence-electron chi connectivity index (χ4n) is 1.03. The lowest BCUT2D eigenvalue weighted by Gasteiger charge is -1.92. The van der Waals surface area contributed by atoms with E-state index in [2.05, 4.69) is 18.8 Å². The van der Waals surface area contributed by atoms with Crippen LogP contribution in [-0.4, -0.2) is 11.7 Å². The van der Waals surface area contributed by atoms with Crippen molar-refractivity contribution in [2.45, 2.75) is 46.0 Å². The van der Waals surface area contributed by atoms with E-state index in [9.17, 15) is 0 Å². The molecular weight excluding hydrogens is 160 g/mol. The van der Waals surface area contributed by atoms with Crippen molar-refractivity contribution in [3.05, 3.63) is 11.6 Å². The average Bonchev–Trinajstić information content (AvgIpc) is 2.11. The SMILES string of the molecule is CCCCCCC#C/C(C)=C\CO. The monoisotopic (exact) mass is 180 g/mol. The number of allylic oxidation sites excluding steroid dienone is 1. The molecule has 0 unspecified atom stereocenters. The van der Waals surface area contributed by atoms with Crippen molar-refractivity contribution in [1.82, 2.24) is 0 Å². The fraction of sp³-hybridized carbons (Fsp3) is 0.667. The van der Waals surface area contributed by atoms with Crippen LogP contribution in [0.15, 0.2) is 11.6 Å². The molecule has 0 aromatic heterocycles. The fourth-order valence-corrected chi connectivity index (χ4v) is 1.03. The highest BCUT2D eigenvalue weighted by Gasteiger charge is 1.84. The van der Waals surface area contributed by atoms with Crippen LogP contribution in [0.2, 0.25) is 0 Å². The lowest BCUT2D eigenvalue weighted by molar-refractivity contribution is 0.342. The number of hydrogen-bond donors (Lipinski definition) is 1. The molecule has 1 N–H and O–H groups in total. The topological polar surface area (TPSA) is 20.2 Å². The molecule has 0 aromatic rings. The van der Waals surface area contributed by atoms with Gasteiger partial charge in [0, 0.05) is 6.42 Å². The minimum atomic E-state index is 0.0936. The lowest BCUT2D eigenvalue weighted by Crippen LogP contribution is -1.77. The van der Waals surface area contributed by atoms with Crippen molar-refractivity contribution in [1.29, 1.82) is 0 Å². The third-order valence-corrected chi connectivity index (χ3v) is 1.84. The van der Waals surface area contributed by atoms with Gasteiger partial charge >= 0.3 is 0 Å². The molecule has 0 aliphatic carbocycles. The zero-order valence-electron chi connectivity index (χ0n) is 8.77. The number of rotatable bonds is 5. The third kappa shape index (κ3) is 9.17. The Labute approximate surface area is 81.9 Å². The van der Waals surface area contributed by atoms with E-state index < -0.39 is 0 Å². The number of aliphatic hydroxyl groups is 1. The molecule has 0 amide bonds. The van der Waals surface area contributed by atoms with Gasteiger partial charge in [-0.15, -0.1) is 0 Å². The maximum Gasteiger partial charge on any atom is 0.0624 e. The van der Waals surface area contributed by atoms with E-state index in [0.717, 1.165) is 12.0 Å². The maximum absolute atomic E-state index is 8.57. The van der Waals surface area contributed by atoms with E-state index >= 15 is 0 Å². The summed E-state index contributed by atoms with van der Waals surface area (Å²) >= 11 is 0. The molecule has 0 bridgehead atoms. The van der Waals surface area contributed by atoms with Gasteiger partial charge in [0.05, 0.1) is 6.61 Å². The zero-order valence-corrected chi connectivity index (χ0v) is 8.77. The van der Waals surface area contributed by atoms with E-state index in [1.165, 1.54) is 25.7 Å². The molecule has 0 aromatic carbocycles. The highest BCUT2D eigenvalue weighted by atomic mass is 16.2. The van der Waals surface area contributed by atoms with Crippen molar-refractivity contribution in [3.8, 4) is 11.8 Å². The Balaban J connectivity index is 3.44. The summed E-state index contributed by atoms with van der Waals surface area (Å²) in [6.45, 7) is 4.23. The van der Waals surface area contributed by atoms with Crippen LogP contribution in [0.5, 0.6) is 0 Å². The minimum Gasteiger partial charge on any atom is -0.392 e. The highest BCUT2D eigenvalue weighted by molar-refractivity contribution is 5.26. The van der Waals surface area contributed by atoms with E-state index in [4.69, 9.17) is 5.11 Å². The van der Waals surface area contributed by atoms with Crippen LogP contribution < -0.4 is 0 Å². The summed E-state index contributed by atoms with van der Waals surface area (Å²) in [7, 11) is 0. The Morgan fingerprint density at radius 1 is 1.31 bits per heavy atom. The van der Waals surface area contributed by atoms with Crippen LogP contribution in [-0.2, 0) is 0 Å². The van der Waals surface area contributed by atoms with Crippen LogP contribution in [0.25, 0.3) is 0 Å².